The van der Waals surface area contributed by atoms with Crippen molar-refractivity contribution in [2.75, 3.05) is 41.7 Å². The molecule has 2 saturated heterocycles. The summed E-state index contributed by atoms with van der Waals surface area (Å²) in [6.45, 7) is 28.3. The number of fused-ring (bicyclic) bond motifs is 3. The third kappa shape index (κ3) is 10.0. The smallest absolute Gasteiger partial charge is 0.188 e. The molecule has 1 atom stereocenters. The maximum absolute atomic E-state index is 5.19. The number of anilines is 3. The molecule has 0 aliphatic carbocycles. The lowest BCUT2D eigenvalue weighted by Gasteiger charge is -2.32. The van der Waals surface area contributed by atoms with Crippen LogP contribution in [0.2, 0.25) is 0 Å². The first-order valence-electron chi connectivity index (χ1n) is 24.6. The first-order chi connectivity index (χ1) is 33.6. The maximum Gasteiger partial charge on any atom is 0.188 e. The molecule has 10 nitrogen and oxygen atoms in total. The molecule has 0 bridgehead atoms. The van der Waals surface area contributed by atoms with Gasteiger partial charge in [0.05, 0.1) is 38.5 Å². The predicted molar refractivity (Wildman–Crippen MR) is 289 cm³/mol. The first-order valence-corrected chi connectivity index (χ1v) is 25.4. The van der Waals surface area contributed by atoms with Crippen molar-refractivity contribution in [3.63, 3.8) is 0 Å². The number of nitrogens with zero attached hydrogens (tertiary/aromatic N) is 7. The molecule has 1 unspecified atom stereocenters. The van der Waals surface area contributed by atoms with Gasteiger partial charge in [0.2, 0.25) is 0 Å². The Balaban J connectivity index is 0.682. The zero-order valence-corrected chi connectivity index (χ0v) is 41.1. The quantitative estimate of drug-likeness (QED) is 0.0818. The Morgan fingerprint density at radius 3 is 2.55 bits per heavy atom. The molecule has 0 saturated carbocycles. The monoisotopic (exact) mass is 933 g/mol. The number of likely N-dealkylation sites (tertiary alicyclic amines) is 1. The minimum absolute atomic E-state index is 0.187. The number of pyridine rings is 2. The van der Waals surface area contributed by atoms with Gasteiger partial charge in [-0.3, -0.25) is 14.6 Å². The second-order valence-electron chi connectivity index (χ2n) is 19.3. The highest BCUT2D eigenvalue weighted by molar-refractivity contribution is 7.22. The van der Waals surface area contributed by atoms with Crippen molar-refractivity contribution in [3.8, 4) is 11.1 Å². The van der Waals surface area contributed by atoms with Crippen LogP contribution in [0.4, 0.5) is 16.6 Å². The number of hydrogen-bond donors (Lipinski definition) is 3. The summed E-state index contributed by atoms with van der Waals surface area (Å²) < 4.78 is 3.13. The third-order valence-corrected chi connectivity index (χ3v) is 15.4. The van der Waals surface area contributed by atoms with Crippen LogP contribution >= 0.6 is 11.3 Å². The SMILES string of the molecule is C=Cc1nc(N2CCc3ccnc(C(=C)Nc4nc5ccccc5s4)c3C2)ccc1-c1ccc(CCCCC2CCN(CC(=C)Nc3ccc4c(C5CCC(=C)NC5=C)nn(C)c4c3)CC2)cc1C. The highest BCUT2D eigenvalue weighted by Crippen LogP contribution is 2.38. The van der Waals surface area contributed by atoms with Crippen LogP contribution < -0.4 is 20.9 Å². The van der Waals surface area contributed by atoms with Gasteiger partial charge < -0.3 is 20.9 Å². The molecule has 352 valence electrons. The third-order valence-electron chi connectivity index (χ3n) is 14.5. The molecule has 3 aromatic carbocycles. The molecule has 11 heteroatoms. The molecule has 3 aliphatic rings. The van der Waals surface area contributed by atoms with E-state index in [4.69, 9.17) is 20.1 Å². The molecule has 4 aromatic heterocycles. The molecule has 7 heterocycles. The van der Waals surface area contributed by atoms with E-state index in [2.05, 4.69) is 126 Å². The van der Waals surface area contributed by atoms with E-state index in [1.54, 1.807) is 11.3 Å². The maximum atomic E-state index is 5.19. The number of thiazole rings is 1. The van der Waals surface area contributed by atoms with Crippen molar-refractivity contribution in [3.05, 3.63) is 174 Å². The lowest BCUT2D eigenvalue weighted by Crippen LogP contribution is -2.35. The molecule has 7 aromatic rings. The second kappa shape index (κ2) is 20.0. The van der Waals surface area contributed by atoms with E-state index in [9.17, 15) is 0 Å². The molecule has 2 fully saturated rings. The number of para-hydroxylation sites is 1. The number of aryl methyl sites for hydroxylation is 3. The summed E-state index contributed by atoms with van der Waals surface area (Å²) in [6, 6.07) is 28.2. The summed E-state index contributed by atoms with van der Waals surface area (Å²) in [5, 5.41) is 17.3. The van der Waals surface area contributed by atoms with E-state index in [0.29, 0.717) is 6.54 Å². The summed E-state index contributed by atoms with van der Waals surface area (Å²) >= 11 is 1.62. The van der Waals surface area contributed by atoms with Crippen molar-refractivity contribution in [1.29, 1.82) is 0 Å². The minimum atomic E-state index is 0.187. The van der Waals surface area contributed by atoms with E-state index in [1.807, 2.05) is 42.2 Å². The number of allylic oxidation sites excluding steroid dienone is 2. The van der Waals surface area contributed by atoms with Crippen LogP contribution in [0.5, 0.6) is 0 Å². The number of benzene rings is 3. The lowest BCUT2D eigenvalue weighted by atomic mass is 9.90. The Kier molecular flexibility index (Phi) is 13.3. The highest BCUT2D eigenvalue weighted by atomic mass is 32.1. The van der Waals surface area contributed by atoms with Gasteiger partial charge in [0.1, 0.15) is 5.82 Å². The number of nitrogens with one attached hydrogen (secondary N) is 3. The number of piperidine rings is 2. The highest BCUT2D eigenvalue weighted by Gasteiger charge is 2.27. The van der Waals surface area contributed by atoms with Gasteiger partial charge in [-0.15, -0.1) is 0 Å². The largest absolute Gasteiger partial charge is 0.363 e. The van der Waals surface area contributed by atoms with Gasteiger partial charge in [0.15, 0.2) is 5.13 Å². The van der Waals surface area contributed by atoms with E-state index < -0.39 is 0 Å². The molecule has 3 aliphatic heterocycles. The van der Waals surface area contributed by atoms with Gasteiger partial charge in [-0.2, -0.15) is 5.10 Å². The average molecular weight is 933 g/mol. The van der Waals surface area contributed by atoms with Gasteiger partial charge in [-0.25, -0.2) is 9.97 Å². The predicted octanol–water partition coefficient (Wildman–Crippen LogP) is 12.8. The van der Waals surface area contributed by atoms with Gasteiger partial charge in [-0.1, -0.05) is 87.4 Å². The van der Waals surface area contributed by atoms with Crippen LogP contribution in [0.3, 0.4) is 0 Å². The minimum Gasteiger partial charge on any atom is -0.363 e. The van der Waals surface area contributed by atoms with E-state index >= 15 is 0 Å². The lowest BCUT2D eigenvalue weighted by molar-refractivity contribution is 0.189. The molecule has 3 N–H and O–H groups in total. The summed E-state index contributed by atoms with van der Waals surface area (Å²) in [5.41, 5.74) is 17.3. The molecular formula is C58H64N10S. The van der Waals surface area contributed by atoms with Crippen LogP contribution in [0.1, 0.15) is 90.2 Å². The summed E-state index contributed by atoms with van der Waals surface area (Å²) in [5.74, 6) is 1.92. The van der Waals surface area contributed by atoms with Gasteiger partial charge in [0.25, 0.3) is 0 Å². The van der Waals surface area contributed by atoms with Crippen LogP contribution in [-0.2, 0) is 26.4 Å². The number of aromatic nitrogens is 5. The standard InChI is InChI=1S/C58H64N10S/c1-8-51-48(23-24-55(63-51)68-32-28-44-25-29-59-56(50(44)36-68)41(6)62-58-64-52-15-11-12-16-54(52)69-58)46-21-18-43(33-37(46)2)14-10-9-13-42-26-30-67(31-27-42)35-39(4)61-45-19-22-49-53(34-45)66(7)65-57(49)47-20-17-38(3)60-40(47)5/h8,11-12,15-16,18-19,21-25,29,33-34,42,47,60-61H,1,3-6,9-10,13-14,17,20,26-28,30-32,35-36H2,2,7H3,(H,62,64). The van der Waals surface area contributed by atoms with Crippen molar-refractivity contribution in [1.82, 2.24) is 34.9 Å². The summed E-state index contributed by atoms with van der Waals surface area (Å²) in [4.78, 5) is 19.6. The normalized spacial score (nSPS) is 16.7. The zero-order valence-electron chi connectivity index (χ0n) is 40.3. The fourth-order valence-corrected chi connectivity index (χ4v) is 11.6. The van der Waals surface area contributed by atoms with Crippen LogP contribution in [-0.4, -0.2) is 55.8 Å². The molecule has 69 heavy (non-hydrogen) atoms. The molecule has 10 rings (SSSR count). The second-order valence-corrected chi connectivity index (χ2v) is 20.3. The molecule has 0 radical (unpaired) electrons. The number of unbranched alkanes of at least 4 members (excludes halogenated alkanes) is 1. The van der Waals surface area contributed by atoms with Crippen LogP contribution in [0.25, 0.3) is 44.0 Å². The van der Waals surface area contributed by atoms with Crippen molar-refractivity contribution in [2.24, 2.45) is 13.0 Å². The first kappa shape index (κ1) is 45.9. The van der Waals surface area contributed by atoms with E-state index in [-0.39, 0.29) is 5.92 Å². The topological polar surface area (TPSA) is 99.1 Å². The molecular weight excluding hydrogens is 869 g/mol. The Hall–Kier alpha value is -6.82. The van der Waals surface area contributed by atoms with Crippen LogP contribution in [0.15, 0.2) is 135 Å². The Morgan fingerprint density at radius 1 is 0.899 bits per heavy atom. The number of rotatable bonds is 16. The van der Waals surface area contributed by atoms with Crippen molar-refractivity contribution < 1.29 is 0 Å². The van der Waals surface area contributed by atoms with E-state index in [0.717, 1.165) is 136 Å². The molecule has 0 amide bonds. The Bertz CT molecular complexity index is 3080. The summed E-state index contributed by atoms with van der Waals surface area (Å²) in [6.07, 6.45) is 14.0. The van der Waals surface area contributed by atoms with Gasteiger partial charge >= 0.3 is 0 Å². The number of hydrogen-bond acceptors (Lipinski definition) is 10. The Morgan fingerprint density at radius 2 is 1.74 bits per heavy atom. The fraction of sp³-hybridized carbons (Fsp3) is 0.310. The van der Waals surface area contributed by atoms with Crippen molar-refractivity contribution in [2.45, 2.75) is 77.2 Å². The molecule has 0 spiro atoms. The average Bonchev–Trinajstić information content (AvgIpc) is 3.92. The zero-order chi connectivity index (χ0) is 47.6. The van der Waals surface area contributed by atoms with Crippen molar-refractivity contribution >= 4 is 60.9 Å². The fourth-order valence-electron chi connectivity index (χ4n) is 10.7. The Labute approximate surface area is 411 Å². The van der Waals surface area contributed by atoms with Gasteiger partial charge in [-0.05, 0) is 148 Å². The van der Waals surface area contributed by atoms with Crippen LogP contribution in [0, 0.1) is 12.8 Å². The van der Waals surface area contributed by atoms with E-state index in [1.165, 1.54) is 65.3 Å². The van der Waals surface area contributed by atoms with Gasteiger partial charge in [0, 0.05) is 78.1 Å². The summed E-state index contributed by atoms with van der Waals surface area (Å²) in [7, 11) is 2.02.